The van der Waals surface area contributed by atoms with Crippen molar-refractivity contribution >= 4 is 11.6 Å². The van der Waals surface area contributed by atoms with Gasteiger partial charge in [-0.1, -0.05) is 0 Å². The summed E-state index contributed by atoms with van der Waals surface area (Å²) in [7, 11) is 0. The molecule has 3 aliphatic rings. The summed E-state index contributed by atoms with van der Waals surface area (Å²) in [5.41, 5.74) is 0. The van der Waals surface area contributed by atoms with Crippen LogP contribution < -0.4 is 0 Å². The summed E-state index contributed by atoms with van der Waals surface area (Å²) >= 11 is 5.78. The van der Waals surface area contributed by atoms with Gasteiger partial charge in [-0.3, -0.25) is 0 Å². The van der Waals surface area contributed by atoms with Crippen molar-refractivity contribution in [2.24, 2.45) is 0 Å². The highest BCUT2D eigenvalue weighted by atomic mass is 35.5. The van der Waals surface area contributed by atoms with Crippen LogP contribution in [-0.4, -0.2) is 17.6 Å². The molecule has 1 saturated carbocycles. The van der Waals surface area contributed by atoms with E-state index in [4.69, 9.17) is 16.3 Å². The van der Waals surface area contributed by atoms with E-state index < -0.39 is 0 Å². The molecule has 1 aliphatic carbocycles. The maximum atomic E-state index is 5.78. The molecule has 2 bridgehead atoms. The second kappa shape index (κ2) is 1.15. The summed E-state index contributed by atoms with van der Waals surface area (Å²) in [6.07, 6.45) is 3.26. The smallest absolute Gasteiger partial charge is 0.0768 e. The van der Waals surface area contributed by atoms with Gasteiger partial charge < -0.3 is 4.74 Å². The highest BCUT2D eigenvalue weighted by Crippen LogP contribution is 2.39. The lowest BCUT2D eigenvalue weighted by Crippen LogP contribution is -2.28. The minimum Gasteiger partial charge on any atom is -0.373 e. The van der Waals surface area contributed by atoms with E-state index in [0.717, 1.165) is 6.42 Å². The Kier molecular flexibility index (Phi) is 0.682. The van der Waals surface area contributed by atoms with Crippen molar-refractivity contribution in [3.8, 4) is 0 Å². The number of alkyl halides is 1. The molecule has 7 heavy (non-hydrogen) atoms. The molecule has 2 heteroatoms. The van der Waals surface area contributed by atoms with Gasteiger partial charge in [0, 0.05) is 6.42 Å². The normalized spacial score (nSPS) is 57.0. The summed E-state index contributed by atoms with van der Waals surface area (Å²) in [6.45, 7) is 0. The lowest BCUT2D eigenvalue weighted by molar-refractivity contribution is -0.0639. The van der Waals surface area contributed by atoms with E-state index in [2.05, 4.69) is 0 Å². The fraction of sp³-hybridized carbons (Fsp3) is 1.00. The predicted octanol–water partition coefficient (Wildman–Crippen LogP) is 1.16. The van der Waals surface area contributed by atoms with E-state index in [1.807, 2.05) is 0 Å². The molecule has 0 amide bonds. The lowest BCUT2D eigenvalue weighted by atomic mass is 10.2. The molecule has 3 atom stereocenters. The maximum absolute atomic E-state index is 5.78. The number of ether oxygens (including phenoxy) is 1. The molecule has 2 heterocycles. The standard InChI is InChI=1S/C5H7ClO/c6-4-1-3-2-5(4)7-3/h3-5H,1-2H2. The van der Waals surface area contributed by atoms with Gasteiger partial charge in [0.15, 0.2) is 0 Å². The number of rotatable bonds is 0. The minimum absolute atomic E-state index is 0.338. The molecule has 0 N–H and O–H groups in total. The first-order valence-electron chi connectivity index (χ1n) is 2.66. The zero-order valence-electron chi connectivity index (χ0n) is 3.93. The number of hydrogen-bond acceptors (Lipinski definition) is 1. The van der Waals surface area contributed by atoms with Gasteiger partial charge in [0.05, 0.1) is 17.6 Å². The topological polar surface area (TPSA) is 9.23 Å². The summed E-state index contributed by atoms with van der Waals surface area (Å²) < 4.78 is 5.23. The number of hydrogen-bond donors (Lipinski definition) is 0. The van der Waals surface area contributed by atoms with Crippen LogP contribution in [0, 0.1) is 0 Å². The quantitative estimate of drug-likeness (QED) is 0.434. The van der Waals surface area contributed by atoms with E-state index in [0.29, 0.717) is 17.6 Å². The van der Waals surface area contributed by atoms with Crippen molar-refractivity contribution in [3.05, 3.63) is 0 Å². The molecule has 0 spiro atoms. The zero-order chi connectivity index (χ0) is 4.85. The molecule has 0 aromatic heterocycles. The molecule has 3 fully saturated rings. The van der Waals surface area contributed by atoms with Crippen LogP contribution in [0.25, 0.3) is 0 Å². The Morgan fingerprint density at radius 3 is 2.29 bits per heavy atom. The molecular formula is C5H7ClO. The van der Waals surface area contributed by atoms with Gasteiger partial charge in [0.2, 0.25) is 0 Å². The third kappa shape index (κ3) is 0.428. The first-order valence-corrected chi connectivity index (χ1v) is 3.09. The molecule has 1 nitrogen and oxygen atoms in total. The van der Waals surface area contributed by atoms with Gasteiger partial charge in [-0.25, -0.2) is 0 Å². The average Bonchev–Trinajstić information content (AvgIpc) is 1.85. The molecule has 3 rings (SSSR count). The number of halogens is 1. The SMILES string of the molecule is ClC1CC2CC1O2. The molecule has 3 unspecified atom stereocenters. The van der Waals surface area contributed by atoms with Gasteiger partial charge in [-0.05, 0) is 6.42 Å². The van der Waals surface area contributed by atoms with Crippen LogP contribution in [-0.2, 0) is 4.74 Å². The van der Waals surface area contributed by atoms with Crippen molar-refractivity contribution in [3.63, 3.8) is 0 Å². The third-order valence-corrected chi connectivity index (χ3v) is 2.21. The van der Waals surface area contributed by atoms with Crippen LogP contribution in [0.4, 0.5) is 0 Å². The van der Waals surface area contributed by atoms with Crippen LogP contribution in [0.1, 0.15) is 12.8 Å². The second-order valence-corrected chi connectivity index (χ2v) is 2.84. The highest BCUT2D eigenvalue weighted by Gasteiger charge is 2.44. The van der Waals surface area contributed by atoms with E-state index in [1.165, 1.54) is 6.42 Å². The zero-order valence-corrected chi connectivity index (χ0v) is 4.69. The van der Waals surface area contributed by atoms with Crippen molar-refractivity contribution in [1.29, 1.82) is 0 Å². The van der Waals surface area contributed by atoms with Crippen LogP contribution in [0.5, 0.6) is 0 Å². The Hall–Kier alpha value is 0.250. The monoisotopic (exact) mass is 118 g/mol. The van der Waals surface area contributed by atoms with E-state index in [9.17, 15) is 0 Å². The molecule has 0 aromatic rings. The van der Waals surface area contributed by atoms with Gasteiger partial charge in [-0.15, -0.1) is 11.6 Å². The molecule has 40 valence electrons. The third-order valence-electron chi connectivity index (χ3n) is 1.75. The maximum Gasteiger partial charge on any atom is 0.0768 e. The van der Waals surface area contributed by atoms with Gasteiger partial charge in [0.1, 0.15) is 0 Å². The Balaban J connectivity index is 2.13. The van der Waals surface area contributed by atoms with E-state index >= 15 is 0 Å². The minimum atomic E-state index is 0.338. The van der Waals surface area contributed by atoms with Crippen LogP contribution in [0.3, 0.4) is 0 Å². The first-order chi connectivity index (χ1) is 3.36. The average molecular weight is 119 g/mol. The molecule has 2 aliphatic heterocycles. The summed E-state index contributed by atoms with van der Waals surface area (Å²) in [5, 5.41) is 0.338. The summed E-state index contributed by atoms with van der Waals surface area (Å²) in [6, 6.07) is 0. The Labute approximate surface area is 47.6 Å². The largest absolute Gasteiger partial charge is 0.373 e. The fourth-order valence-electron chi connectivity index (χ4n) is 1.28. The van der Waals surface area contributed by atoms with Crippen molar-refractivity contribution < 1.29 is 4.74 Å². The van der Waals surface area contributed by atoms with Crippen LogP contribution in [0.15, 0.2) is 0 Å². The predicted molar refractivity (Wildman–Crippen MR) is 27.5 cm³/mol. The van der Waals surface area contributed by atoms with Gasteiger partial charge >= 0.3 is 0 Å². The molecule has 2 saturated heterocycles. The van der Waals surface area contributed by atoms with Crippen molar-refractivity contribution in [2.45, 2.75) is 30.4 Å². The Bertz CT molecular complexity index is 88.1. The molecule has 0 radical (unpaired) electrons. The van der Waals surface area contributed by atoms with Gasteiger partial charge in [0.25, 0.3) is 0 Å². The molecule has 0 aromatic carbocycles. The Morgan fingerprint density at radius 2 is 2.14 bits per heavy atom. The summed E-state index contributed by atoms with van der Waals surface area (Å²) in [4.78, 5) is 0. The molecular weight excluding hydrogens is 112 g/mol. The van der Waals surface area contributed by atoms with Crippen molar-refractivity contribution in [1.82, 2.24) is 0 Å². The van der Waals surface area contributed by atoms with E-state index in [-0.39, 0.29) is 0 Å². The van der Waals surface area contributed by atoms with Crippen LogP contribution in [0.2, 0.25) is 0 Å². The first kappa shape index (κ1) is 4.16. The van der Waals surface area contributed by atoms with Gasteiger partial charge in [-0.2, -0.15) is 0 Å². The highest BCUT2D eigenvalue weighted by molar-refractivity contribution is 6.21. The lowest BCUT2D eigenvalue weighted by Gasteiger charge is -2.23. The van der Waals surface area contributed by atoms with Crippen LogP contribution >= 0.6 is 11.6 Å². The summed E-state index contributed by atoms with van der Waals surface area (Å²) in [5.74, 6) is 0. The second-order valence-electron chi connectivity index (χ2n) is 2.28. The van der Waals surface area contributed by atoms with Crippen molar-refractivity contribution in [2.75, 3.05) is 0 Å². The fourth-order valence-corrected chi connectivity index (χ4v) is 1.64. The Morgan fingerprint density at radius 1 is 1.43 bits per heavy atom. The number of fused-ring (bicyclic) bond motifs is 1. The van der Waals surface area contributed by atoms with E-state index in [1.54, 1.807) is 0 Å².